The van der Waals surface area contributed by atoms with Crippen LogP contribution >= 0.6 is 0 Å². The molecule has 1 amide bonds. The Balaban J connectivity index is 2.13. The van der Waals surface area contributed by atoms with E-state index in [2.05, 4.69) is 5.32 Å². The normalized spacial score (nSPS) is 22.2. The van der Waals surface area contributed by atoms with Crippen molar-refractivity contribution in [3.8, 4) is 0 Å². The number of carbonyl (C=O) groups is 2. The number of carbonyl (C=O) groups excluding carboxylic acids is 1. The highest BCUT2D eigenvalue weighted by Crippen LogP contribution is 2.22. The minimum atomic E-state index is -1.38. The smallest absolute Gasteiger partial charge is 0.338 e. The van der Waals surface area contributed by atoms with Gasteiger partial charge in [0.1, 0.15) is 11.9 Å². The van der Waals surface area contributed by atoms with Crippen molar-refractivity contribution in [2.45, 2.75) is 19.4 Å². The minimum absolute atomic E-state index is 0.111. The van der Waals surface area contributed by atoms with Gasteiger partial charge in [-0.15, -0.1) is 0 Å². The number of halogens is 1. The van der Waals surface area contributed by atoms with Gasteiger partial charge >= 0.3 is 5.97 Å². The third-order valence-electron chi connectivity index (χ3n) is 3.11. The van der Waals surface area contributed by atoms with Crippen LogP contribution in [0.25, 0.3) is 0 Å². The molecule has 102 valence electrons. The van der Waals surface area contributed by atoms with Crippen LogP contribution in [0, 0.1) is 11.7 Å². The SMILES string of the molecule is CC1CCOC1C(=O)Nc1ccc(F)c(C(=O)O)c1. The Kier molecular flexibility index (Phi) is 3.80. The number of ether oxygens (including phenoxy) is 1. The number of hydrogen-bond donors (Lipinski definition) is 2. The second kappa shape index (κ2) is 5.36. The molecule has 6 heteroatoms. The van der Waals surface area contributed by atoms with Crippen LogP contribution in [0.15, 0.2) is 18.2 Å². The fourth-order valence-corrected chi connectivity index (χ4v) is 2.01. The molecule has 1 aliphatic heterocycles. The largest absolute Gasteiger partial charge is 0.478 e. The zero-order valence-electron chi connectivity index (χ0n) is 10.4. The van der Waals surface area contributed by atoms with E-state index in [-0.39, 0.29) is 17.5 Å². The lowest BCUT2D eigenvalue weighted by Gasteiger charge is -2.14. The van der Waals surface area contributed by atoms with Crippen molar-refractivity contribution in [3.63, 3.8) is 0 Å². The van der Waals surface area contributed by atoms with E-state index in [1.807, 2.05) is 6.92 Å². The second-order valence-electron chi connectivity index (χ2n) is 4.55. The Labute approximate surface area is 109 Å². The van der Waals surface area contributed by atoms with Gasteiger partial charge in [-0.2, -0.15) is 0 Å². The van der Waals surface area contributed by atoms with Crippen molar-refractivity contribution in [1.29, 1.82) is 0 Å². The lowest BCUT2D eigenvalue weighted by molar-refractivity contribution is -0.126. The minimum Gasteiger partial charge on any atom is -0.478 e. The monoisotopic (exact) mass is 267 g/mol. The van der Waals surface area contributed by atoms with Crippen LogP contribution in [-0.2, 0) is 9.53 Å². The molecule has 1 aliphatic rings. The predicted molar refractivity (Wildman–Crippen MR) is 65.5 cm³/mol. The summed E-state index contributed by atoms with van der Waals surface area (Å²) in [5.74, 6) is -2.44. The number of anilines is 1. The van der Waals surface area contributed by atoms with Crippen molar-refractivity contribution in [1.82, 2.24) is 0 Å². The number of rotatable bonds is 3. The van der Waals surface area contributed by atoms with Crippen LogP contribution in [0.2, 0.25) is 0 Å². The molecule has 2 rings (SSSR count). The summed E-state index contributed by atoms with van der Waals surface area (Å²) in [6.45, 7) is 2.44. The van der Waals surface area contributed by atoms with Gasteiger partial charge in [0.2, 0.25) is 0 Å². The highest BCUT2D eigenvalue weighted by molar-refractivity contribution is 5.96. The summed E-state index contributed by atoms with van der Waals surface area (Å²) in [6.07, 6.45) is 0.264. The summed E-state index contributed by atoms with van der Waals surface area (Å²) >= 11 is 0. The van der Waals surface area contributed by atoms with E-state index >= 15 is 0 Å². The van der Waals surface area contributed by atoms with Gasteiger partial charge in [0, 0.05) is 12.3 Å². The summed E-state index contributed by atoms with van der Waals surface area (Å²) in [6, 6.07) is 3.42. The third kappa shape index (κ3) is 2.90. The van der Waals surface area contributed by atoms with E-state index < -0.39 is 23.5 Å². The summed E-state index contributed by atoms with van der Waals surface area (Å²) in [7, 11) is 0. The average Bonchev–Trinajstić information content (AvgIpc) is 2.77. The molecule has 1 saturated heterocycles. The van der Waals surface area contributed by atoms with Crippen LogP contribution in [0.4, 0.5) is 10.1 Å². The summed E-state index contributed by atoms with van der Waals surface area (Å²) in [5, 5.41) is 11.3. The number of benzene rings is 1. The molecule has 2 atom stereocenters. The van der Waals surface area contributed by atoms with E-state index in [0.29, 0.717) is 6.61 Å². The molecule has 1 aromatic rings. The van der Waals surface area contributed by atoms with Gasteiger partial charge in [-0.3, -0.25) is 4.79 Å². The van der Waals surface area contributed by atoms with Crippen LogP contribution in [0.5, 0.6) is 0 Å². The zero-order valence-corrected chi connectivity index (χ0v) is 10.4. The molecule has 2 N–H and O–H groups in total. The number of carboxylic acids is 1. The molecule has 5 nitrogen and oxygen atoms in total. The van der Waals surface area contributed by atoms with E-state index in [0.717, 1.165) is 18.6 Å². The fraction of sp³-hybridized carbons (Fsp3) is 0.385. The number of amides is 1. The third-order valence-corrected chi connectivity index (χ3v) is 3.11. The lowest BCUT2D eigenvalue weighted by atomic mass is 10.0. The zero-order chi connectivity index (χ0) is 14.0. The Morgan fingerprint density at radius 3 is 2.79 bits per heavy atom. The van der Waals surface area contributed by atoms with E-state index in [1.165, 1.54) is 6.07 Å². The molecule has 0 aromatic heterocycles. The maximum Gasteiger partial charge on any atom is 0.338 e. The number of aromatic carboxylic acids is 1. The maximum atomic E-state index is 13.2. The Bertz CT molecular complexity index is 517. The van der Waals surface area contributed by atoms with Gasteiger partial charge in [-0.25, -0.2) is 9.18 Å². The van der Waals surface area contributed by atoms with Crippen LogP contribution < -0.4 is 5.32 Å². The Morgan fingerprint density at radius 1 is 1.47 bits per heavy atom. The lowest BCUT2D eigenvalue weighted by Crippen LogP contribution is -2.31. The molecule has 1 fully saturated rings. The number of carboxylic acid groups (broad SMARTS) is 1. The summed E-state index contributed by atoms with van der Waals surface area (Å²) in [5.41, 5.74) is -0.232. The first-order valence-electron chi connectivity index (χ1n) is 5.94. The van der Waals surface area contributed by atoms with E-state index in [1.54, 1.807) is 0 Å². The first-order valence-corrected chi connectivity index (χ1v) is 5.94. The van der Waals surface area contributed by atoms with Gasteiger partial charge < -0.3 is 15.2 Å². The first-order chi connectivity index (χ1) is 8.99. The van der Waals surface area contributed by atoms with Gasteiger partial charge in [0.05, 0.1) is 5.56 Å². The molecule has 0 saturated carbocycles. The molecule has 0 aliphatic carbocycles. The highest BCUT2D eigenvalue weighted by atomic mass is 19.1. The van der Waals surface area contributed by atoms with E-state index in [9.17, 15) is 14.0 Å². The predicted octanol–water partition coefficient (Wildman–Crippen LogP) is 1.89. The Hall–Kier alpha value is -1.95. The van der Waals surface area contributed by atoms with Crippen molar-refractivity contribution in [2.75, 3.05) is 11.9 Å². The van der Waals surface area contributed by atoms with Gasteiger partial charge in [-0.1, -0.05) is 6.92 Å². The molecule has 1 aromatic carbocycles. The molecule has 19 heavy (non-hydrogen) atoms. The van der Waals surface area contributed by atoms with Gasteiger partial charge in [0.25, 0.3) is 5.91 Å². The maximum absolute atomic E-state index is 13.2. The topological polar surface area (TPSA) is 75.6 Å². The van der Waals surface area contributed by atoms with Crippen LogP contribution in [-0.4, -0.2) is 29.7 Å². The van der Waals surface area contributed by atoms with Crippen molar-refractivity contribution >= 4 is 17.6 Å². The van der Waals surface area contributed by atoms with Gasteiger partial charge in [-0.05, 0) is 30.5 Å². The molecule has 1 heterocycles. The molecule has 0 spiro atoms. The first kappa shape index (κ1) is 13.5. The summed E-state index contributed by atoms with van der Waals surface area (Å²) < 4.78 is 18.5. The average molecular weight is 267 g/mol. The van der Waals surface area contributed by atoms with Crippen molar-refractivity contribution < 1.29 is 23.8 Å². The van der Waals surface area contributed by atoms with Crippen molar-refractivity contribution in [3.05, 3.63) is 29.6 Å². The van der Waals surface area contributed by atoms with Crippen LogP contribution in [0.1, 0.15) is 23.7 Å². The standard InChI is InChI=1S/C13H14FNO4/c1-7-4-5-19-11(7)12(16)15-8-2-3-10(14)9(6-8)13(17)18/h2-3,6-7,11H,4-5H2,1H3,(H,15,16)(H,17,18). The van der Waals surface area contributed by atoms with Crippen molar-refractivity contribution in [2.24, 2.45) is 5.92 Å². The number of nitrogens with one attached hydrogen (secondary N) is 1. The molecule has 0 radical (unpaired) electrons. The molecular weight excluding hydrogens is 253 g/mol. The van der Waals surface area contributed by atoms with E-state index in [4.69, 9.17) is 9.84 Å². The quantitative estimate of drug-likeness (QED) is 0.876. The molecule has 2 unspecified atom stereocenters. The number of hydrogen-bond acceptors (Lipinski definition) is 3. The fourth-order valence-electron chi connectivity index (χ4n) is 2.01. The summed E-state index contributed by atoms with van der Waals surface area (Å²) in [4.78, 5) is 22.7. The molecular formula is C13H14FNO4. The van der Waals surface area contributed by atoms with Crippen LogP contribution in [0.3, 0.4) is 0 Å². The Morgan fingerprint density at radius 2 is 2.21 bits per heavy atom. The second-order valence-corrected chi connectivity index (χ2v) is 4.55. The molecule has 0 bridgehead atoms. The van der Waals surface area contributed by atoms with Gasteiger partial charge in [0.15, 0.2) is 0 Å². The highest BCUT2D eigenvalue weighted by Gasteiger charge is 2.31.